The van der Waals surface area contributed by atoms with Crippen LogP contribution in [0, 0.1) is 5.92 Å². The van der Waals surface area contributed by atoms with Gasteiger partial charge < -0.3 is 5.73 Å². The van der Waals surface area contributed by atoms with Crippen LogP contribution in [0.25, 0.3) is 0 Å². The molecule has 1 aliphatic carbocycles. The smallest absolute Gasteiger partial charge is 0.134 e. The third kappa shape index (κ3) is 3.18. The van der Waals surface area contributed by atoms with E-state index in [2.05, 4.69) is 18.8 Å². The zero-order valence-electron chi connectivity index (χ0n) is 10.9. The van der Waals surface area contributed by atoms with Crippen LogP contribution in [0.4, 0.5) is 5.82 Å². The van der Waals surface area contributed by atoms with Crippen molar-refractivity contribution in [2.24, 2.45) is 5.92 Å². The fraction of sp³-hybridized carbons (Fsp3) is 0.714. The maximum Gasteiger partial charge on any atom is 0.134 e. The molecule has 1 fully saturated rings. The molecule has 3 heteroatoms. The normalized spacial score (nSPS) is 24.8. The Labute approximate surface area is 104 Å². The molecule has 17 heavy (non-hydrogen) atoms. The molecular weight excluding hydrogens is 210 g/mol. The Balaban J connectivity index is 2.18. The summed E-state index contributed by atoms with van der Waals surface area (Å²) >= 11 is 0. The lowest BCUT2D eigenvalue weighted by Crippen LogP contribution is -2.15. The molecule has 0 spiro atoms. The lowest BCUT2D eigenvalue weighted by atomic mass is 9.82. The Morgan fingerprint density at radius 1 is 1.35 bits per heavy atom. The summed E-state index contributed by atoms with van der Waals surface area (Å²) in [6.45, 7) is 4.49. The first-order valence-electron chi connectivity index (χ1n) is 6.82. The summed E-state index contributed by atoms with van der Waals surface area (Å²) in [6, 6.07) is 1.92. The molecule has 2 atom stereocenters. The Kier molecular flexibility index (Phi) is 3.97. The molecule has 2 N–H and O–H groups in total. The van der Waals surface area contributed by atoms with E-state index in [1.165, 1.54) is 25.7 Å². The van der Waals surface area contributed by atoms with Gasteiger partial charge in [-0.3, -0.25) is 0 Å². The summed E-state index contributed by atoms with van der Waals surface area (Å²) in [5.74, 6) is 2.95. The molecule has 0 amide bonds. The molecule has 1 heterocycles. The van der Waals surface area contributed by atoms with E-state index in [-0.39, 0.29) is 0 Å². The lowest BCUT2D eigenvalue weighted by Gasteiger charge is -2.25. The van der Waals surface area contributed by atoms with E-state index in [4.69, 9.17) is 10.7 Å². The summed E-state index contributed by atoms with van der Waals surface area (Å²) in [7, 11) is 0. The van der Waals surface area contributed by atoms with Gasteiger partial charge in [0.2, 0.25) is 0 Å². The van der Waals surface area contributed by atoms with E-state index >= 15 is 0 Å². The second-order valence-electron chi connectivity index (χ2n) is 5.36. The number of nitrogen functional groups attached to an aromatic ring is 1. The van der Waals surface area contributed by atoms with E-state index in [1.807, 2.05) is 6.07 Å². The highest BCUT2D eigenvalue weighted by molar-refractivity contribution is 5.30. The van der Waals surface area contributed by atoms with Crippen molar-refractivity contribution in [3.8, 4) is 0 Å². The van der Waals surface area contributed by atoms with Gasteiger partial charge >= 0.3 is 0 Å². The van der Waals surface area contributed by atoms with Crippen molar-refractivity contribution in [2.45, 2.75) is 58.3 Å². The fourth-order valence-corrected chi connectivity index (χ4v) is 2.78. The highest BCUT2D eigenvalue weighted by atomic mass is 15.0. The van der Waals surface area contributed by atoms with E-state index in [0.29, 0.717) is 11.7 Å². The van der Waals surface area contributed by atoms with Crippen LogP contribution in [0.2, 0.25) is 0 Å². The summed E-state index contributed by atoms with van der Waals surface area (Å²) in [6.07, 6.45) is 7.20. The minimum atomic E-state index is 0.526. The Hall–Kier alpha value is -1.12. The quantitative estimate of drug-likeness (QED) is 0.871. The zero-order chi connectivity index (χ0) is 12.3. The number of rotatable bonds is 3. The predicted molar refractivity (Wildman–Crippen MR) is 70.8 cm³/mol. The average molecular weight is 233 g/mol. The third-order valence-corrected chi connectivity index (χ3v) is 3.62. The maximum atomic E-state index is 5.88. The molecule has 1 aromatic rings. The van der Waals surface area contributed by atoms with Crippen LogP contribution < -0.4 is 5.73 Å². The van der Waals surface area contributed by atoms with Gasteiger partial charge in [-0.2, -0.15) is 0 Å². The molecule has 94 valence electrons. The van der Waals surface area contributed by atoms with Gasteiger partial charge in [0.15, 0.2) is 0 Å². The maximum absolute atomic E-state index is 5.88. The van der Waals surface area contributed by atoms with Gasteiger partial charge in [0.25, 0.3) is 0 Å². The summed E-state index contributed by atoms with van der Waals surface area (Å²) < 4.78 is 0. The molecule has 1 saturated carbocycles. The summed E-state index contributed by atoms with van der Waals surface area (Å²) in [5, 5.41) is 0. The molecule has 0 bridgehead atoms. The number of hydrogen-bond acceptors (Lipinski definition) is 3. The van der Waals surface area contributed by atoms with Crippen LogP contribution >= 0.6 is 0 Å². The van der Waals surface area contributed by atoms with Crippen LogP contribution in [0.5, 0.6) is 0 Å². The third-order valence-electron chi connectivity index (χ3n) is 3.62. The van der Waals surface area contributed by atoms with Gasteiger partial charge in [-0.25, -0.2) is 9.97 Å². The average Bonchev–Trinajstić information content (AvgIpc) is 2.28. The largest absolute Gasteiger partial charge is 0.384 e. The van der Waals surface area contributed by atoms with Crippen molar-refractivity contribution in [3.63, 3.8) is 0 Å². The SMILES string of the molecule is CCCc1cc(N)nc(C2CCCC(C)C2)n1. The van der Waals surface area contributed by atoms with Gasteiger partial charge in [-0.1, -0.05) is 33.1 Å². The first-order chi connectivity index (χ1) is 8.19. The molecule has 0 aromatic carbocycles. The Morgan fingerprint density at radius 2 is 2.18 bits per heavy atom. The highest BCUT2D eigenvalue weighted by Gasteiger charge is 2.23. The van der Waals surface area contributed by atoms with Gasteiger partial charge in [-0.15, -0.1) is 0 Å². The molecule has 3 nitrogen and oxygen atoms in total. The van der Waals surface area contributed by atoms with Crippen molar-refractivity contribution in [3.05, 3.63) is 17.6 Å². The number of anilines is 1. The van der Waals surface area contributed by atoms with Crippen molar-refractivity contribution >= 4 is 5.82 Å². The van der Waals surface area contributed by atoms with Crippen LogP contribution in [0.1, 0.15) is 63.4 Å². The molecule has 2 rings (SSSR count). The molecular formula is C14H23N3. The standard InChI is InChI=1S/C14H23N3/c1-3-5-12-9-13(15)17-14(16-12)11-7-4-6-10(2)8-11/h9-11H,3-8H2,1-2H3,(H2,15,16,17). The fourth-order valence-electron chi connectivity index (χ4n) is 2.78. The number of nitrogens with zero attached hydrogens (tertiary/aromatic N) is 2. The molecule has 2 unspecified atom stereocenters. The van der Waals surface area contributed by atoms with Crippen LogP contribution in [-0.2, 0) is 6.42 Å². The molecule has 0 saturated heterocycles. The second-order valence-corrected chi connectivity index (χ2v) is 5.36. The zero-order valence-corrected chi connectivity index (χ0v) is 10.9. The number of hydrogen-bond donors (Lipinski definition) is 1. The van der Waals surface area contributed by atoms with Crippen molar-refractivity contribution < 1.29 is 0 Å². The van der Waals surface area contributed by atoms with E-state index < -0.39 is 0 Å². The monoisotopic (exact) mass is 233 g/mol. The summed E-state index contributed by atoms with van der Waals surface area (Å²) in [4.78, 5) is 9.13. The van der Waals surface area contributed by atoms with Crippen LogP contribution in [0.3, 0.4) is 0 Å². The van der Waals surface area contributed by atoms with Crippen molar-refractivity contribution in [1.29, 1.82) is 0 Å². The minimum Gasteiger partial charge on any atom is -0.384 e. The van der Waals surface area contributed by atoms with Gasteiger partial charge in [0, 0.05) is 17.7 Å². The topological polar surface area (TPSA) is 51.8 Å². The first kappa shape index (κ1) is 12.3. The van der Waals surface area contributed by atoms with Crippen molar-refractivity contribution in [2.75, 3.05) is 5.73 Å². The van der Waals surface area contributed by atoms with Crippen molar-refractivity contribution in [1.82, 2.24) is 9.97 Å². The second kappa shape index (κ2) is 5.48. The summed E-state index contributed by atoms with van der Waals surface area (Å²) in [5.41, 5.74) is 6.98. The Bertz CT molecular complexity index is 376. The van der Waals surface area contributed by atoms with Gasteiger partial charge in [0.05, 0.1) is 0 Å². The molecule has 0 radical (unpaired) electrons. The Morgan fingerprint density at radius 3 is 2.88 bits per heavy atom. The molecule has 1 aromatic heterocycles. The lowest BCUT2D eigenvalue weighted by molar-refractivity contribution is 0.335. The number of nitrogens with two attached hydrogens (primary N) is 1. The molecule has 0 aliphatic heterocycles. The van der Waals surface area contributed by atoms with Crippen LogP contribution in [0.15, 0.2) is 6.07 Å². The number of aryl methyl sites for hydroxylation is 1. The van der Waals surface area contributed by atoms with Gasteiger partial charge in [0.1, 0.15) is 11.6 Å². The predicted octanol–water partition coefficient (Wildman–Crippen LogP) is 3.31. The van der Waals surface area contributed by atoms with E-state index in [1.54, 1.807) is 0 Å². The minimum absolute atomic E-state index is 0.526. The van der Waals surface area contributed by atoms with Crippen LogP contribution in [-0.4, -0.2) is 9.97 Å². The highest BCUT2D eigenvalue weighted by Crippen LogP contribution is 2.34. The number of aromatic nitrogens is 2. The molecule has 1 aliphatic rings. The van der Waals surface area contributed by atoms with E-state index in [9.17, 15) is 0 Å². The van der Waals surface area contributed by atoms with E-state index in [0.717, 1.165) is 30.3 Å². The van der Waals surface area contributed by atoms with Gasteiger partial charge in [-0.05, 0) is 25.2 Å². The first-order valence-corrected chi connectivity index (χ1v) is 6.82.